The average molecular weight is 289 g/mol. The van der Waals surface area contributed by atoms with Gasteiger partial charge in [0.15, 0.2) is 0 Å². The predicted molar refractivity (Wildman–Crippen MR) is 78.2 cm³/mol. The van der Waals surface area contributed by atoms with Crippen LogP contribution in [0.2, 0.25) is 0 Å². The van der Waals surface area contributed by atoms with Crippen molar-refractivity contribution in [1.82, 2.24) is 5.32 Å². The maximum absolute atomic E-state index is 11.4. The van der Waals surface area contributed by atoms with Gasteiger partial charge in [-0.3, -0.25) is 9.59 Å². The minimum absolute atomic E-state index is 0.0293. The first kappa shape index (κ1) is 13.7. The van der Waals surface area contributed by atoms with E-state index in [4.69, 9.17) is 5.73 Å². The molecule has 6 nitrogen and oxygen atoms in total. The third kappa shape index (κ3) is 2.41. The summed E-state index contributed by atoms with van der Waals surface area (Å²) in [7, 11) is 0. The van der Waals surface area contributed by atoms with Crippen molar-refractivity contribution in [3.05, 3.63) is 23.3 Å². The molecule has 3 rings (SSSR count). The summed E-state index contributed by atoms with van der Waals surface area (Å²) in [6.45, 7) is 1.52. The van der Waals surface area contributed by atoms with Gasteiger partial charge in [0.25, 0.3) is 0 Å². The van der Waals surface area contributed by atoms with Gasteiger partial charge in [0, 0.05) is 30.5 Å². The van der Waals surface area contributed by atoms with Crippen LogP contribution in [0.15, 0.2) is 12.1 Å². The van der Waals surface area contributed by atoms with Crippen LogP contribution >= 0.6 is 0 Å². The molecule has 2 amide bonds. The van der Waals surface area contributed by atoms with Crippen molar-refractivity contribution in [2.24, 2.45) is 5.73 Å². The molecule has 0 radical (unpaired) electrons. The Kier molecular flexibility index (Phi) is 3.23. The SMILES string of the molecule is CC(=O)NC1CCC2Nc3c(O)cc(C(N)=O)cc3C2C1. The van der Waals surface area contributed by atoms with E-state index >= 15 is 0 Å². The number of rotatable bonds is 2. The van der Waals surface area contributed by atoms with E-state index in [1.54, 1.807) is 6.07 Å². The minimum Gasteiger partial charge on any atom is -0.506 e. The molecule has 0 bridgehead atoms. The second kappa shape index (κ2) is 4.95. The Bertz CT molecular complexity index is 614. The maximum Gasteiger partial charge on any atom is 0.248 e. The molecule has 1 aliphatic carbocycles. The van der Waals surface area contributed by atoms with E-state index in [1.807, 2.05) is 0 Å². The molecule has 0 aromatic heterocycles. The summed E-state index contributed by atoms with van der Waals surface area (Å²) in [6, 6.07) is 3.53. The number of phenolic OH excluding ortho intramolecular Hbond substituents is 1. The van der Waals surface area contributed by atoms with Gasteiger partial charge in [0.05, 0.1) is 5.69 Å². The molecule has 1 aromatic carbocycles. The topological polar surface area (TPSA) is 104 Å². The van der Waals surface area contributed by atoms with Gasteiger partial charge < -0.3 is 21.5 Å². The van der Waals surface area contributed by atoms with Crippen molar-refractivity contribution in [3.8, 4) is 5.75 Å². The average Bonchev–Trinajstić information content (AvgIpc) is 2.77. The number of nitrogens with one attached hydrogen (secondary N) is 2. The molecule has 1 aromatic rings. The summed E-state index contributed by atoms with van der Waals surface area (Å²) in [5.41, 5.74) is 7.24. The van der Waals surface area contributed by atoms with Gasteiger partial charge in [0.2, 0.25) is 11.8 Å². The maximum atomic E-state index is 11.4. The number of amides is 2. The quantitative estimate of drug-likeness (QED) is 0.611. The van der Waals surface area contributed by atoms with Gasteiger partial charge in [-0.1, -0.05) is 0 Å². The van der Waals surface area contributed by atoms with Crippen LogP contribution in [0.3, 0.4) is 0 Å². The number of phenols is 1. The molecule has 1 heterocycles. The lowest BCUT2D eigenvalue weighted by Crippen LogP contribution is -2.41. The van der Waals surface area contributed by atoms with Gasteiger partial charge in [-0.25, -0.2) is 0 Å². The lowest BCUT2D eigenvalue weighted by atomic mass is 9.79. The standard InChI is InChI=1S/C15H19N3O3/c1-7(19)17-9-2-3-12-10(6-9)11-4-8(15(16)21)5-13(20)14(11)18-12/h4-5,9-10,12,18,20H,2-3,6H2,1H3,(H2,16,21)(H,17,19). The number of fused-ring (bicyclic) bond motifs is 3. The predicted octanol–water partition coefficient (Wildman–Crippen LogP) is 1.06. The fourth-order valence-corrected chi connectivity index (χ4v) is 3.53. The summed E-state index contributed by atoms with van der Waals surface area (Å²) in [5.74, 6) is -0.341. The Morgan fingerprint density at radius 2 is 2.14 bits per heavy atom. The van der Waals surface area contributed by atoms with Crippen LogP contribution in [-0.4, -0.2) is 29.0 Å². The van der Waals surface area contributed by atoms with Crippen molar-refractivity contribution < 1.29 is 14.7 Å². The smallest absolute Gasteiger partial charge is 0.248 e. The minimum atomic E-state index is -0.550. The van der Waals surface area contributed by atoms with Crippen molar-refractivity contribution in [2.75, 3.05) is 5.32 Å². The molecule has 1 fully saturated rings. The van der Waals surface area contributed by atoms with E-state index in [1.165, 1.54) is 13.0 Å². The van der Waals surface area contributed by atoms with Gasteiger partial charge in [0.1, 0.15) is 5.75 Å². The Hall–Kier alpha value is -2.24. The number of aromatic hydroxyl groups is 1. The summed E-state index contributed by atoms with van der Waals surface area (Å²) in [4.78, 5) is 22.6. The molecule has 3 unspecified atom stereocenters. The Labute approximate surface area is 122 Å². The lowest BCUT2D eigenvalue weighted by Gasteiger charge is -2.32. The van der Waals surface area contributed by atoms with Crippen molar-refractivity contribution in [1.29, 1.82) is 0 Å². The van der Waals surface area contributed by atoms with Crippen LogP contribution in [-0.2, 0) is 4.79 Å². The van der Waals surface area contributed by atoms with Crippen molar-refractivity contribution in [3.63, 3.8) is 0 Å². The highest BCUT2D eigenvalue weighted by Crippen LogP contribution is 2.47. The number of anilines is 1. The second-order valence-electron chi connectivity index (χ2n) is 5.89. The zero-order valence-corrected chi connectivity index (χ0v) is 11.8. The number of benzene rings is 1. The van der Waals surface area contributed by atoms with E-state index in [2.05, 4.69) is 10.6 Å². The van der Waals surface area contributed by atoms with Crippen LogP contribution in [0.4, 0.5) is 5.69 Å². The van der Waals surface area contributed by atoms with Crippen molar-refractivity contribution >= 4 is 17.5 Å². The van der Waals surface area contributed by atoms with E-state index in [0.717, 1.165) is 24.8 Å². The molecular weight excluding hydrogens is 270 g/mol. The monoisotopic (exact) mass is 289 g/mol. The fraction of sp³-hybridized carbons (Fsp3) is 0.467. The largest absolute Gasteiger partial charge is 0.506 e. The molecule has 1 aliphatic heterocycles. The molecular formula is C15H19N3O3. The number of primary amides is 1. The first-order valence-electron chi connectivity index (χ1n) is 7.16. The van der Waals surface area contributed by atoms with Crippen LogP contribution in [0, 0.1) is 0 Å². The van der Waals surface area contributed by atoms with E-state index in [-0.39, 0.29) is 29.7 Å². The first-order chi connectivity index (χ1) is 9.95. The zero-order chi connectivity index (χ0) is 15.1. The number of hydrogen-bond acceptors (Lipinski definition) is 4. The molecule has 0 saturated heterocycles. The molecule has 1 saturated carbocycles. The first-order valence-corrected chi connectivity index (χ1v) is 7.16. The van der Waals surface area contributed by atoms with Crippen molar-refractivity contribution in [2.45, 2.75) is 44.2 Å². The molecule has 21 heavy (non-hydrogen) atoms. The van der Waals surface area contributed by atoms with Gasteiger partial charge in [-0.2, -0.15) is 0 Å². The number of carbonyl (C=O) groups is 2. The third-order valence-corrected chi connectivity index (χ3v) is 4.42. The van der Waals surface area contributed by atoms with Crippen LogP contribution in [0.25, 0.3) is 0 Å². The number of carbonyl (C=O) groups excluding carboxylic acids is 2. The summed E-state index contributed by atoms with van der Waals surface area (Å²) < 4.78 is 0. The molecule has 3 atom stereocenters. The van der Waals surface area contributed by atoms with Gasteiger partial charge in [-0.15, -0.1) is 0 Å². The van der Waals surface area contributed by atoms with Crippen LogP contribution < -0.4 is 16.4 Å². The highest BCUT2D eigenvalue weighted by Gasteiger charge is 2.39. The summed E-state index contributed by atoms with van der Waals surface area (Å²) in [6.07, 6.45) is 2.62. The third-order valence-electron chi connectivity index (χ3n) is 4.42. The van der Waals surface area contributed by atoms with Crippen LogP contribution in [0.5, 0.6) is 5.75 Å². The highest BCUT2D eigenvalue weighted by molar-refractivity contribution is 5.95. The Morgan fingerprint density at radius 3 is 2.81 bits per heavy atom. The Balaban J connectivity index is 1.91. The summed E-state index contributed by atoms with van der Waals surface area (Å²) in [5, 5.41) is 16.4. The van der Waals surface area contributed by atoms with E-state index in [0.29, 0.717) is 11.3 Å². The Morgan fingerprint density at radius 1 is 1.38 bits per heavy atom. The highest BCUT2D eigenvalue weighted by atomic mass is 16.3. The molecule has 0 spiro atoms. The fourth-order valence-electron chi connectivity index (χ4n) is 3.53. The number of hydrogen-bond donors (Lipinski definition) is 4. The molecule has 5 N–H and O–H groups in total. The normalized spacial score (nSPS) is 26.4. The van der Waals surface area contributed by atoms with Gasteiger partial charge in [-0.05, 0) is 37.0 Å². The second-order valence-corrected chi connectivity index (χ2v) is 5.89. The van der Waals surface area contributed by atoms with E-state index in [9.17, 15) is 14.7 Å². The van der Waals surface area contributed by atoms with Crippen LogP contribution in [0.1, 0.15) is 48.0 Å². The lowest BCUT2D eigenvalue weighted by molar-refractivity contribution is -0.119. The zero-order valence-electron chi connectivity index (χ0n) is 11.8. The molecule has 112 valence electrons. The van der Waals surface area contributed by atoms with E-state index < -0.39 is 5.91 Å². The molecule has 2 aliphatic rings. The van der Waals surface area contributed by atoms with Gasteiger partial charge >= 0.3 is 0 Å². The molecule has 6 heteroatoms. The number of nitrogens with two attached hydrogens (primary N) is 1. The summed E-state index contributed by atoms with van der Waals surface area (Å²) >= 11 is 0.